The lowest BCUT2D eigenvalue weighted by Gasteiger charge is -2.28. The second-order valence-corrected chi connectivity index (χ2v) is 8.56. The quantitative estimate of drug-likeness (QED) is 0.531. The first-order valence-corrected chi connectivity index (χ1v) is 11.2. The van der Waals surface area contributed by atoms with Gasteiger partial charge in [0.2, 0.25) is 0 Å². The van der Waals surface area contributed by atoms with Gasteiger partial charge in [-0.15, -0.1) is 0 Å². The number of aromatic nitrogens is 2. The maximum atomic E-state index is 5.78. The summed E-state index contributed by atoms with van der Waals surface area (Å²) in [5, 5.41) is 4.39. The molecular weight excluding hydrogens is 388 g/mol. The molecular formula is C25H30N4S. The zero-order valence-electron chi connectivity index (χ0n) is 18.2. The van der Waals surface area contributed by atoms with Crippen molar-refractivity contribution in [1.29, 1.82) is 0 Å². The van der Waals surface area contributed by atoms with Gasteiger partial charge in [-0.05, 0) is 80.9 Å². The Hall–Kier alpha value is -2.66. The third-order valence-corrected chi connectivity index (χ3v) is 6.35. The van der Waals surface area contributed by atoms with Crippen LogP contribution in [0.15, 0.2) is 54.7 Å². The Bertz CT molecular complexity index is 1040. The van der Waals surface area contributed by atoms with E-state index in [0.29, 0.717) is 0 Å². The van der Waals surface area contributed by atoms with Gasteiger partial charge in [0.05, 0.1) is 17.8 Å². The highest BCUT2D eigenvalue weighted by molar-refractivity contribution is 7.80. The largest absolute Gasteiger partial charge is 0.352 e. The Morgan fingerprint density at radius 1 is 1.07 bits per heavy atom. The predicted octanol–water partition coefficient (Wildman–Crippen LogP) is 5.57. The predicted molar refractivity (Wildman–Crippen MR) is 127 cm³/mol. The van der Waals surface area contributed by atoms with Gasteiger partial charge >= 0.3 is 0 Å². The smallest absolute Gasteiger partial charge is 0.170 e. The zero-order chi connectivity index (χ0) is 21.3. The van der Waals surface area contributed by atoms with Gasteiger partial charge in [-0.25, -0.2) is 0 Å². The van der Waals surface area contributed by atoms with Crippen LogP contribution in [-0.2, 0) is 0 Å². The Kier molecular flexibility index (Phi) is 5.91. The molecule has 1 saturated heterocycles. The van der Waals surface area contributed by atoms with Crippen molar-refractivity contribution in [2.45, 2.75) is 52.6 Å². The molecule has 156 valence electrons. The molecule has 0 bridgehead atoms. The molecule has 1 aliphatic rings. The Morgan fingerprint density at radius 2 is 1.90 bits per heavy atom. The van der Waals surface area contributed by atoms with E-state index in [9.17, 15) is 0 Å². The number of nitrogens with one attached hydrogen (secondary N) is 1. The Morgan fingerprint density at radius 3 is 2.60 bits per heavy atom. The number of pyridine rings is 1. The topological polar surface area (TPSA) is 33.1 Å². The second-order valence-electron chi connectivity index (χ2n) is 8.17. The summed E-state index contributed by atoms with van der Waals surface area (Å²) in [6.07, 6.45) is 4.12. The number of thiocarbonyl (C=S) groups is 1. The summed E-state index contributed by atoms with van der Waals surface area (Å²) in [6.45, 7) is 9.72. The monoisotopic (exact) mass is 418 g/mol. The number of hydrogen-bond acceptors (Lipinski definition) is 2. The van der Waals surface area contributed by atoms with Gasteiger partial charge in [-0.1, -0.05) is 31.5 Å². The first-order chi connectivity index (χ1) is 14.5. The van der Waals surface area contributed by atoms with Gasteiger partial charge in [-0.3, -0.25) is 4.98 Å². The molecule has 3 aromatic rings. The molecule has 30 heavy (non-hydrogen) atoms. The van der Waals surface area contributed by atoms with Crippen LogP contribution >= 0.6 is 12.2 Å². The summed E-state index contributed by atoms with van der Waals surface area (Å²) < 4.78 is 2.36. The molecule has 1 fully saturated rings. The van der Waals surface area contributed by atoms with E-state index in [4.69, 9.17) is 12.2 Å². The van der Waals surface area contributed by atoms with Crippen LogP contribution in [0.2, 0.25) is 0 Å². The van der Waals surface area contributed by atoms with Crippen molar-refractivity contribution >= 4 is 17.3 Å². The minimum Gasteiger partial charge on any atom is -0.352 e. The van der Waals surface area contributed by atoms with E-state index in [0.717, 1.165) is 30.2 Å². The summed E-state index contributed by atoms with van der Waals surface area (Å²) in [6, 6.07) is 17.3. The third-order valence-electron chi connectivity index (χ3n) is 6.00. The van der Waals surface area contributed by atoms with Crippen molar-refractivity contribution in [1.82, 2.24) is 19.8 Å². The van der Waals surface area contributed by atoms with Gasteiger partial charge in [0.1, 0.15) is 0 Å². The van der Waals surface area contributed by atoms with Crippen LogP contribution in [-0.4, -0.2) is 26.1 Å². The van der Waals surface area contributed by atoms with Gasteiger partial charge < -0.3 is 14.8 Å². The second kappa shape index (κ2) is 8.60. The average Bonchev–Trinajstić information content (AvgIpc) is 3.22. The number of benzene rings is 1. The van der Waals surface area contributed by atoms with Gasteiger partial charge in [0.25, 0.3) is 0 Å². The molecule has 0 amide bonds. The van der Waals surface area contributed by atoms with Crippen LogP contribution in [0.25, 0.3) is 5.69 Å². The van der Waals surface area contributed by atoms with Gasteiger partial charge in [0, 0.05) is 29.8 Å². The fraction of sp³-hybridized carbons (Fsp3) is 0.360. The number of nitrogens with zero attached hydrogens (tertiary/aromatic N) is 3. The molecule has 4 nitrogen and oxygen atoms in total. The summed E-state index contributed by atoms with van der Waals surface area (Å²) in [4.78, 5) is 7.02. The summed E-state index contributed by atoms with van der Waals surface area (Å²) in [7, 11) is 0. The van der Waals surface area contributed by atoms with Crippen LogP contribution < -0.4 is 5.32 Å². The van der Waals surface area contributed by atoms with E-state index in [1.165, 1.54) is 28.2 Å². The van der Waals surface area contributed by atoms with Crippen molar-refractivity contribution in [3.05, 3.63) is 82.9 Å². The lowest BCUT2D eigenvalue weighted by molar-refractivity contribution is 0.312. The molecule has 2 atom stereocenters. The Labute approximate surface area is 184 Å². The number of unbranched alkanes of at least 4 members (excludes halogenated alkanes) is 1. The van der Waals surface area contributed by atoms with E-state index in [-0.39, 0.29) is 12.1 Å². The maximum absolute atomic E-state index is 5.78. The van der Waals surface area contributed by atoms with E-state index in [2.05, 4.69) is 89.9 Å². The van der Waals surface area contributed by atoms with Gasteiger partial charge in [-0.2, -0.15) is 0 Å². The van der Waals surface area contributed by atoms with E-state index >= 15 is 0 Å². The molecule has 2 aromatic heterocycles. The van der Waals surface area contributed by atoms with Gasteiger partial charge in [0.15, 0.2) is 5.11 Å². The molecule has 0 saturated carbocycles. The van der Waals surface area contributed by atoms with Crippen molar-refractivity contribution in [3.8, 4) is 5.69 Å². The van der Waals surface area contributed by atoms with Crippen molar-refractivity contribution in [2.75, 3.05) is 6.54 Å². The molecule has 1 N–H and O–H groups in total. The van der Waals surface area contributed by atoms with E-state index in [1.54, 1.807) is 0 Å². The Balaban J connectivity index is 1.82. The highest BCUT2D eigenvalue weighted by Crippen LogP contribution is 2.41. The van der Waals surface area contributed by atoms with Crippen molar-refractivity contribution < 1.29 is 0 Å². The fourth-order valence-corrected chi connectivity index (χ4v) is 4.90. The third kappa shape index (κ3) is 3.74. The lowest BCUT2D eigenvalue weighted by Crippen LogP contribution is -2.30. The van der Waals surface area contributed by atoms with Crippen LogP contribution in [0.4, 0.5) is 0 Å². The summed E-state index contributed by atoms with van der Waals surface area (Å²) in [5.41, 5.74) is 7.32. The van der Waals surface area contributed by atoms with E-state index in [1.807, 2.05) is 12.3 Å². The normalized spacial score (nSPS) is 18.7. The molecule has 0 radical (unpaired) electrons. The SMILES string of the molecule is CCCCN1C(=S)N[C@@H](c2ccccn2)[C@H]1c1cc(C)n(-c2cccc(C)c2)c1C. The molecule has 5 heteroatoms. The van der Waals surface area contributed by atoms with Crippen molar-refractivity contribution in [3.63, 3.8) is 0 Å². The zero-order valence-corrected chi connectivity index (χ0v) is 19.0. The standard InChI is InChI=1S/C25H30N4S/c1-5-6-14-28-24(23(27-25(28)30)22-12-7-8-13-26-22)21-16-18(3)29(19(21)4)20-11-9-10-17(2)15-20/h7-13,15-16,23-24H,5-6,14H2,1-4H3,(H,27,30)/t23-,24+/m0/s1. The molecule has 4 rings (SSSR count). The first kappa shape index (κ1) is 20.6. The average molecular weight is 419 g/mol. The minimum atomic E-state index is 0.0435. The highest BCUT2D eigenvalue weighted by atomic mass is 32.1. The lowest BCUT2D eigenvalue weighted by atomic mass is 9.96. The van der Waals surface area contributed by atoms with Crippen LogP contribution in [0.1, 0.15) is 60.1 Å². The maximum Gasteiger partial charge on any atom is 0.170 e. The first-order valence-electron chi connectivity index (χ1n) is 10.7. The summed E-state index contributed by atoms with van der Waals surface area (Å²) >= 11 is 5.78. The number of aryl methyl sites for hydroxylation is 2. The molecule has 0 aliphatic carbocycles. The molecule has 0 unspecified atom stereocenters. The molecule has 1 aromatic carbocycles. The molecule has 1 aliphatic heterocycles. The fourth-order valence-electron chi connectivity index (χ4n) is 4.56. The number of hydrogen-bond donors (Lipinski definition) is 1. The van der Waals surface area contributed by atoms with Crippen LogP contribution in [0.3, 0.4) is 0 Å². The molecule has 3 heterocycles. The highest BCUT2D eigenvalue weighted by Gasteiger charge is 2.41. The molecule has 0 spiro atoms. The van der Waals surface area contributed by atoms with E-state index < -0.39 is 0 Å². The van der Waals surface area contributed by atoms with Crippen LogP contribution in [0.5, 0.6) is 0 Å². The number of rotatable bonds is 6. The minimum absolute atomic E-state index is 0.0435. The van der Waals surface area contributed by atoms with Crippen molar-refractivity contribution in [2.24, 2.45) is 0 Å². The van der Waals surface area contributed by atoms with Crippen LogP contribution in [0, 0.1) is 20.8 Å². The summed E-state index contributed by atoms with van der Waals surface area (Å²) in [5.74, 6) is 0.